The molecule has 0 aliphatic heterocycles. The van der Waals surface area contributed by atoms with Crippen molar-refractivity contribution < 1.29 is 0 Å². The molecular formula is C76H54N2Si. The normalized spacial score (nSPS) is 11.5. The minimum absolute atomic E-state index is 1.08. The van der Waals surface area contributed by atoms with Crippen LogP contribution >= 0.6 is 0 Å². The zero-order valence-electron chi connectivity index (χ0n) is 43.6. The third-order valence-electron chi connectivity index (χ3n) is 16.0. The summed E-state index contributed by atoms with van der Waals surface area (Å²) in [6, 6.07) is 120. The summed E-state index contributed by atoms with van der Waals surface area (Å²) >= 11 is 0. The van der Waals surface area contributed by atoms with E-state index in [1.54, 1.807) is 0 Å². The van der Waals surface area contributed by atoms with Crippen LogP contribution in [0.3, 0.4) is 0 Å². The quantitative estimate of drug-likeness (QED) is 0.0875. The molecule has 0 amide bonds. The maximum atomic E-state index is 2.40. The zero-order valence-corrected chi connectivity index (χ0v) is 44.6. The monoisotopic (exact) mass is 1020 g/mol. The highest BCUT2D eigenvalue weighted by molar-refractivity contribution is 7.19. The third kappa shape index (κ3) is 8.54. The zero-order chi connectivity index (χ0) is 52.5. The average molecular weight is 1020 g/mol. The Kier molecular flexibility index (Phi) is 12.3. The summed E-state index contributed by atoms with van der Waals surface area (Å²) in [5, 5.41) is 10.4. The molecule has 14 rings (SSSR count). The lowest BCUT2D eigenvalue weighted by molar-refractivity contribution is 1.18. The number of fused-ring (bicyclic) bond motifs is 4. The topological polar surface area (TPSA) is 8.17 Å². The molecule has 13 aromatic carbocycles. The van der Waals surface area contributed by atoms with Crippen LogP contribution in [0.5, 0.6) is 0 Å². The predicted octanol–water partition coefficient (Wildman–Crippen LogP) is 17.5. The van der Waals surface area contributed by atoms with Gasteiger partial charge < -0.3 is 9.47 Å². The van der Waals surface area contributed by atoms with E-state index in [1.165, 1.54) is 92.3 Å². The smallest absolute Gasteiger partial charge is 0.179 e. The van der Waals surface area contributed by atoms with Crippen LogP contribution in [0.4, 0.5) is 17.1 Å². The van der Waals surface area contributed by atoms with Crippen molar-refractivity contribution in [3.63, 3.8) is 0 Å². The Bertz CT molecular complexity index is 4300. The van der Waals surface area contributed by atoms with Crippen molar-refractivity contribution in [2.24, 2.45) is 0 Å². The lowest BCUT2D eigenvalue weighted by Gasteiger charge is -2.35. The summed E-state index contributed by atoms with van der Waals surface area (Å²) in [7, 11) is -2.73. The molecule has 14 aromatic rings. The number of para-hydroxylation sites is 2. The first-order chi connectivity index (χ1) is 39.2. The van der Waals surface area contributed by atoms with E-state index in [0.717, 1.165) is 28.3 Å². The number of nitrogens with zero attached hydrogens (tertiary/aromatic N) is 2. The van der Waals surface area contributed by atoms with Gasteiger partial charge in [-0.2, -0.15) is 0 Å². The molecule has 3 heteroatoms. The van der Waals surface area contributed by atoms with Crippen molar-refractivity contribution >= 4 is 78.5 Å². The molecule has 0 saturated carbocycles. The summed E-state index contributed by atoms with van der Waals surface area (Å²) < 4.78 is 2.39. The number of hydrogen-bond acceptors (Lipinski definition) is 1. The largest absolute Gasteiger partial charge is 0.311 e. The van der Waals surface area contributed by atoms with Gasteiger partial charge in [0.15, 0.2) is 8.07 Å². The predicted molar refractivity (Wildman–Crippen MR) is 338 cm³/mol. The Morgan fingerprint density at radius 1 is 0.241 bits per heavy atom. The van der Waals surface area contributed by atoms with Crippen LogP contribution in [-0.2, 0) is 0 Å². The Balaban J connectivity index is 0.830. The number of rotatable bonds is 12. The van der Waals surface area contributed by atoms with Gasteiger partial charge in [0, 0.05) is 33.5 Å². The molecule has 0 aliphatic rings. The van der Waals surface area contributed by atoms with E-state index in [2.05, 4.69) is 337 Å². The fraction of sp³-hybridized carbons (Fsp3) is 0. The molecule has 79 heavy (non-hydrogen) atoms. The Hall–Kier alpha value is -10.1. The van der Waals surface area contributed by atoms with E-state index < -0.39 is 8.07 Å². The molecule has 0 N–H and O–H groups in total. The van der Waals surface area contributed by atoms with Gasteiger partial charge in [0.05, 0.1) is 11.0 Å². The van der Waals surface area contributed by atoms with E-state index >= 15 is 0 Å². The molecule has 0 atom stereocenters. The number of hydrogen-bond donors (Lipinski definition) is 0. The maximum Gasteiger partial charge on any atom is 0.179 e. The van der Waals surface area contributed by atoms with Crippen LogP contribution in [0.2, 0.25) is 0 Å². The fourth-order valence-corrected chi connectivity index (χ4v) is 17.0. The van der Waals surface area contributed by atoms with Crippen molar-refractivity contribution in [2.45, 2.75) is 0 Å². The molecule has 0 fully saturated rings. The lowest BCUT2D eigenvalue weighted by Crippen LogP contribution is -2.74. The summed E-state index contributed by atoms with van der Waals surface area (Å²) in [6.45, 7) is 0. The highest BCUT2D eigenvalue weighted by Gasteiger charge is 2.41. The SMILES string of the molecule is c1ccc(-n2c3ccccc3c3c(-c4ccc(-c5ccc(N(c6ccc(-c7ccc(-c8cccc9ccccc89)cc7)cc6)c6ccc([Si](c7ccccc7)(c7ccccc7)c7ccccc7)cc6)cc5)cc4)cccc32)cc1. The van der Waals surface area contributed by atoms with E-state index in [1.807, 2.05) is 0 Å². The van der Waals surface area contributed by atoms with Crippen LogP contribution in [0.1, 0.15) is 0 Å². The van der Waals surface area contributed by atoms with Crippen molar-refractivity contribution in [1.82, 2.24) is 4.57 Å². The van der Waals surface area contributed by atoms with E-state index in [4.69, 9.17) is 0 Å². The van der Waals surface area contributed by atoms with Gasteiger partial charge in [-0.3, -0.25) is 0 Å². The first kappa shape index (κ1) is 47.4. The van der Waals surface area contributed by atoms with Gasteiger partial charge in [0.25, 0.3) is 0 Å². The van der Waals surface area contributed by atoms with Crippen molar-refractivity contribution in [3.05, 3.63) is 328 Å². The van der Waals surface area contributed by atoms with Gasteiger partial charge in [-0.15, -0.1) is 0 Å². The molecule has 0 bridgehead atoms. The van der Waals surface area contributed by atoms with Gasteiger partial charge >= 0.3 is 0 Å². The highest BCUT2D eigenvalue weighted by atomic mass is 28.3. The van der Waals surface area contributed by atoms with Crippen LogP contribution in [0, 0.1) is 0 Å². The van der Waals surface area contributed by atoms with Crippen LogP contribution in [0.15, 0.2) is 328 Å². The van der Waals surface area contributed by atoms with Crippen molar-refractivity contribution in [1.29, 1.82) is 0 Å². The van der Waals surface area contributed by atoms with E-state index in [-0.39, 0.29) is 0 Å². The molecule has 1 heterocycles. The highest BCUT2D eigenvalue weighted by Crippen LogP contribution is 2.41. The number of benzene rings is 13. The van der Waals surface area contributed by atoms with Gasteiger partial charge in [-0.05, 0) is 137 Å². The molecule has 372 valence electrons. The summed E-state index contributed by atoms with van der Waals surface area (Å²) in [5.41, 5.74) is 16.4. The molecule has 0 radical (unpaired) electrons. The second kappa shape index (κ2) is 20.5. The lowest BCUT2D eigenvalue weighted by atomic mass is 9.96. The Morgan fingerprint density at radius 3 is 1.13 bits per heavy atom. The van der Waals surface area contributed by atoms with Gasteiger partial charge in [0.1, 0.15) is 0 Å². The third-order valence-corrected chi connectivity index (χ3v) is 20.8. The molecular weight excluding hydrogens is 969 g/mol. The summed E-state index contributed by atoms with van der Waals surface area (Å²) in [5.74, 6) is 0. The van der Waals surface area contributed by atoms with Crippen LogP contribution < -0.4 is 25.6 Å². The Labute approximate surface area is 463 Å². The second-order valence-electron chi connectivity index (χ2n) is 20.4. The summed E-state index contributed by atoms with van der Waals surface area (Å²) in [4.78, 5) is 2.40. The maximum absolute atomic E-state index is 2.73. The van der Waals surface area contributed by atoms with E-state index in [0.29, 0.717) is 0 Å². The van der Waals surface area contributed by atoms with E-state index in [9.17, 15) is 0 Å². The number of anilines is 3. The minimum atomic E-state index is -2.73. The molecule has 1 aromatic heterocycles. The fourth-order valence-electron chi connectivity index (χ4n) is 12.3. The molecule has 0 saturated heterocycles. The molecule has 0 aliphatic carbocycles. The van der Waals surface area contributed by atoms with Gasteiger partial charge in [0.2, 0.25) is 0 Å². The van der Waals surface area contributed by atoms with Crippen molar-refractivity contribution in [3.8, 4) is 50.2 Å². The Morgan fingerprint density at radius 2 is 0.595 bits per heavy atom. The molecule has 2 nitrogen and oxygen atoms in total. The minimum Gasteiger partial charge on any atom is -0.311 e. The first-order valence-corrected chi connectivity index (χ1v) is 29.2. The number of aromatic nitrogens is 1. The summed E-state index contributed by atoms with van der Waals surface area (Å²) in [6.07, 6.45) is 0. The van der Waals surface area contributed by atoms with Crippen LogP contribution in [-0.4, -0.2) is 12.6 Å². The molecule has 0 unspecified atom stereocenters. The molecule has 0 spiro atoms. The van der Waals surface area contributed by atoms with Gasteiger partial charge in [-0.1, -0.05) is 267 Å². The van der Waals surface area contributed by atoms with Gasteiger partial charge in [-0.25, -0.2) is 0 Å². The second-order valence-corrected chi connectivity index (χ2v) is 24.2. The average Bonchev–Trinajstić information content (AvgIpc) is 4.17. The first-order valence-electron chi connectivity index (χ1n) is 27.2. The van der Waals surface area contributed by atoms with Crippen LogP contribution in [0.25, 0.3) is 82.8 Å². The standard InChI is InChI=1S/C76H54N2Si/c1-5-21-62(22-6-1)78-74-33-16-15-30-73(74)76-72(32-18-34-75(76)78)61-41-37-56(38-42-61)58-45-49-64(50-46-58)77(63-47-43-57(44-48-63)55-35-39-60(40-36-55)71-31-17-20-59-19-13-14-29-70(59)71)65-51-53-69(54-52-65)79(66-23-7-2-8-24-66,67-25-9-3-10-26-67)68-27-11-4-12-28-68/h1-54H. The van der Waals surface area contributed by atoms with Crippen molar-refractivity contribution in [2.75, 3.05) is 4.90 Å².